The molecule has 2 unspecified atom stereocenters. The highest BCUT2D eigenvalue weighted by Gasteiger charge is 2.41. The van der Waals surface area contributed by atoms with Crippen molar-refractivity contribution in [2.75, 3.05) is 27.4 Å². The van der Waals surface area contributed by atoms with Crippen LogP contribution in [0.5, 0.6) is 5.75 Å². The number of hydrogen-bond donors (Lipinski definition) is 0. The number of esters is 4. The standard InChI is InChI=1S/C32H38O10/c1-7-39-28(34)23(3)22-41-32(18-10-9-11-19-32)21-25(29(35)38-6)20-31(4,30(36)40-8-2)42-26-15-12-24(13-16-26)14-17-27(33)37-5/h9-18,21-22H,7-8,19-20H2,1-6H3/b17-14+,23-22?,25-21+. The molecule has 0 aliphatic heterocycles. The first-order chi connectivity index (χ1) is 20.0. The molecule has 226 valence electrons. The summed E-state index contributed by atoms with van der Waals surface area (Å²) in [6, 6.07) is 6.63. The maximum Gasteiger partial charge on any atom is 0.350 e. The van der Waals surface area contributed by atoms with Crippen molar-refractivity contribution in [1.82, 2.24) is 0 Å². The van der Waals surface area contributed by atoms with Gasteiger partial charge in [0.15, 0.2) is 0 Å². The third-order valence-electron chi connectivity index (χ3n) is 6.05. The summed E-state index contributed by atoms with van der Waals surface area (Å²) in [4.78, 5) is 49.7. The van der Waals surface area contributed by atoms with Gasteiger partial charge >= 0.3 is 23.9 Å². The number of rotatable bonds is 14. The zero-order chi connectivity index (χ0) is 31.2. The Bertz CT molecular complexity index is 1270. The molecule has 0 amide bonds. The predicted octanol–water partition coefficient (Wildman–Crippen LogP) is 4.80. The second-order valence-electron chi connectivity index (χ2n) is 9.40. The number of benzene rings is 1. The summed E-state index contributed by atoms with van der Waals surface area (Å²) in [5, 5.41) is 0. The maximum absolute atomic E-state index is 13.2. The summed E-state index contributed by atoms with van der Waals surface area (Å²) in [5.41, 5.74) is -1.80. The van der Waals surface area contributed by atoms with Crippen LogP contribution in [0.3, 0.4) is 0 Å². The minimum absolute atomic E-state index is 0.0881. The van der Waals surface area contributed by atoms with Crippen molar-refractivity contribution in [2.45, 2.75) is 51.7 Å². The second kappa shape index (κ2) is 16.0. The van der Waals surface area contributed by atoms with E-state index in [0.29, 0.717) is 17.7 Å². The van der Waals surface area contributed by atoms with E-state index in [4.69, 9.17) is 23.7 Å². The summed E-state index contributed by atoms with van der Waals surface area (Å²) < 4.78 is 32.2. The third kappa shape index (κ3) is 9.79. The molecular weight excluding hydrogens is 544 g/mol. The van der Waals surface area contributed by atoms with Gasteiger partial charge < -0.3 is 28.4 Å². The molecule has 1 aliphatic carbocycles. The smallest absolute Gasteiger partial charge is 0.350 e. The number of allylic oxidation sites excluding steroid dienone is 2. The first-order valence-electron chi connectivity index (χ1n) is 13.4. The number of methoxy groups -OCH3 is 2. The molecule has 0 heterocycles. The Labute approximate surface area is 246 Å². The van der Waals surface area contributed by atoms with Gasteiger partial charge in [-0.25, -0.2) is 19.2 Å². The number of carbonyl (C=O) groups excluding carboxylic acids is 4. The van der Waals surface area contributed by atoms with E-state index in [2.05, 4.69) is 4.74 Å². The van der Waals surface area contributed by atoms with E-state index in [1.54, 1.807) is 69.3 Å². The number of hydrogen-bond acceptors (Lipinski definition) is 10. The normalized spacial score (nSPS) is 18.1. The van der Waals surface area contributed by atoms with Crippen LogP contribution in [0.1, 0.15) is 46.1 Å². The lowest BCUT2D eigenvalue weighted by Gasteiger charge is -2.32. The van der Waals surface area contributed by atoms with Gasteiger partial charge in [0.2, 0.25) is 5.60 Å². The molecule has 0 aromatic heterocycles. The van der Waals surface area contributed by atoms with E-state index in [9.17, 15) is 19.2 Å². The quantitative estimate of drug-likeness (QED) is 0.131. The lowest BCUT2D eigenvalue weighted by Crippen LogP contribution is -2.44. The van der Waals surface area contributed by atoms with Crippen LogP contribution >= 0.6 is 0 Å². The Hall–Kier alpha value is -4.60. The molecular formula is C32H38O10. The Kier molecular flexibility index (Phi) is 12.8. The van der Waals surface area contributed by atoms with E-state index < -0.39 is 35.1 Å². The van der Waals surface area contributed by atoms with Gasteiger partial charge in [-0.2, -0.15) is 0 Å². The van der Waals surface area contributed by atoms with Gasteiger partial charge in [0.1, 0.15) is 11.4 Å². The van der Waals surface area contributed by atoms with E-state index >= 15 is 0 Å². The lowest BCUT2D eigenvalue weighted by molar-refractivity contribution is -0.160. The van der Waals surface area contributed by atoms with Crippen molar-refractivity contribution in [3.05, 3.63) is 83.7 Å². The molecule has 1 aliphatic rings. The van der Waals surface area contributed by atoms with Gasteiger partial charge in [-0.15, -0.1) is 0 Å². The fourth-order valence-electron chi connectivity index (χ4n) is 3.88. The largest absolute Gasteiger partial charge is 0.486 e. The molecule has 1 aromatic rings. The molecule has 42 heavy (non-hydrogen) atoms. The SMILES string of the molecule is CCOC(=O)C(C)=COC1(/C=C(\CC(C)(Oc2ccc(/C=C/C(=O)OC)cc2)C(=O)OCC)C(=O)OC)C=CC=CC1. The highest BCUT2D eigenvalue weighted by molar-refractivity contribution is 5.91. The minimum Gasteiger partial charge on any atom is -0.486 e. The molecule has 0 radical (unpaired) electrons. The van der Waals surface area contributed by atoms with Gasteiger partial charge in [0.05, 0.1) is 39.3 Å². The topological polar surface area (TPSA) is 124 Å². The van der Waals surface area contributed by atoms with Crippen LogP contribution in [0.2, 0.25) is 0 Å². The Morgan fingerprint density at radius 1 is 0.952 bits per heavy atom. The fourth-order valence-corrected chi connectivity index (χ4v) is 3.88. The number of ether oxygens (including phenoxy) is 6. The van der Waals surface area contributed by atoms with Gasteiger partial charge in [0.25, 0.3) is 0 Å². The van der Waals surface area contributed by atoms with E-state index in [0.717, 1.165) is 0 Å². The van der Waals surface area contributed by atoms with Crippen molar-refractivity contribution in [3.63, 3.8) is 0 Å². The predicted molar refractivity (Wildman–Crippen MR) is 155 cm³/mol. The van der Waals surface area contributed by atoms with Crippen LogP contribution in [0, 0.1) is 0 Å². The Morgan fingerprint density at radius 2 is 1.64 bits per heavy atom. The van der Waals surface area contributed by atoms with Crippen LogP contribution in [0.25, 0.3) is 6.08 Å². The monoisotopic (exact) mass is 582 g/mol. The molecule has 0 saturated heterocycles. The fraction of sp³-hybridized carbons (Fsp3) is 0.375. The zero-order valence-corrected chi connectivity index (χ0v) is 24.8. The first-order valence-corrected chi connectivity index (χ1v) is 13.4. The van der Waals surface area contributed by atoms with Crippen LogP contribution in [-0.2, 0) is 42.9 Å². The minimum atomic E-state index is -1.65. The second-order valence-corrected chi connectivity index (χ2v) is 9.40. The van der Waals surface area contributed by atoms with Gasteiger partial charge in [-0.05, 0) is 63.6 Å². The van der Waals surface area contributed by atoms with E-state index in [1.807, 2.05) is 12.2 Å². The molecule has 10 nitrogen and oxygen atoms in total. The lowest BCUT2D eigenvalue weighted by atomic mass is 9.88. The average Bonchev–Trinajstić information content (AvgIpc) is 2.99. The van der Waals surface area contributed by atoms with Crippen LogP contribution in [0.15, 0.2) is 78.1 Å². The van der Waals surface area contributed by atoms with Crippen molar-refractivity contribution >= 4 is 30.0 Å². The van der Waals surface area contributed by atoms with E-state index in [-0.39, 0.29) is 30.8 Å². The van der Waals surface area contributed by atoms with Gasteiger partial charge in [-0.1, -0.05) is 30.4 Å². The highest BCUT2D eigenvalue weighted by Crippen LogP contribution is 2.32. The van der Waals surface area contributed by atoms with Gasteiger partial charge in [0, 0.05) is 24.5 Å². The molecule has 2 rings (SSSR count). The molecule has 0 saturated carbocycles. The van der Waals surface area contributed by atoms with E-state index in [1.165, 1.54) is 33.5 Å². The zero-order valence-electron chi connectivity index (χ0n) is 24.8. The molecule has 10 heteroatoms. The molecule has 0 spiro atoms. The summed E-state index contributed by atoms with van der Waals surface area (Å²) in [7, 11) is 2.52. The molecule has 0 fully saturated rings. The molecule has 0 N–H and O–H groups in total. The molecule has 2 atom stereocenters. The summed E-state index contributed by atoms with van der Waals surface area (Å²) in [6.45, 7) is 6.74. The van der Waals surface area contributed by atoms with Gasteiger partial charge in [-0.3, -0.25) is 0 Å². The van der Waals surface area contributed by atoms with Crippen LogP contribution < -0.4 is 4.74 Å². The van der Waals surface area contributed by atoms with Crippen molar-refractivity contribution in [2.24, 2.45) is 0 Å². The van der Waals surface area contributed by atoms with Crippen LogP contribution in [0.4, 0.5) is 0 Å². The first kappa shape index (κ1) is 33.6. The van der Waals surface area contributed by atoms with Crippen molar-refractivity contribution in [1.29, 1.82) is 0 Å². The highest BCUT2D eigenvalue weighted by atomic mass is 16.6. The average molecular weight is 583 g/mol. The summed E-state index contributed by atoms with van der Waals surface area (Å²) in [6.07, 6.45) is 12.9. The van der Waals surface area contributed by atoms with Crippen LogP contribution in [-0.4, -0.2) is 62.5 Å². The molecule has 1 aromatic carbocycles. The molecule has 0 bridgehead atoms. The van der Waals surface area contributed by atoms with Crippen molar-refractivity contribution < 1.29 is 47.6 Å². The Morgan fingerprint density at radius 3 is 2.21 bits per heavy atom. The summed E-state index contributed by atoms with van der Waals surface area (Å²) >= 11 is 0. The summed E-state index contributed by atoms with van der Waals surface area (Å²) in [5.74, 6) is -2.10. The number of carbonyl (C=O) groups is 4. The maximum atomic E-state index is 13.2. The van der Waals surface area contributed by atoms with Crippen molar-refractivity contribution in [3.8, 4) is 5.75 Å². The third-order valence-corrected chi connectivity index (χ3v) is 6.05. The Balaban J connectivity index is 2.47.